The highest BCUT2D eigenvalue weighted by Crippen LogP contribution is 2.25. The lowest BCUT2D eigenvalue weighted by Crippen LogP contribution is -1.90. The Labute approximate surface area is 153 Å². The molecule has 0 aliphatic rings. The van der Waals surface area contributed by atoms with Crippen LogP contribution in [0, 0.1) is 12.7 Å². The molecule has 2 aromatic heterocycles. The van der Waals surface area contributed by atoms with Gasteiger partial charge in [-0.05, 0) is 36.8 Å². The molecule has 5 nitrogen and oxygen atoms in total. The van der Waals surface area contributed by atoms with Gasteiger partial charge in [0, 0.05) is 12.3 Å². The van der Waals surface area contributed by atoms with E-state index in [2.05, 4.69) is 15.0 Å². The monoisotopic (exact) mass is 368 g/mol. The van der Waals surface area contributed by atoms with Crippen molar-refractivity contribution in [1.29, 1.82) is 0 Å². The van der Waals surface area contributed by atoms with E-state index in [-0.39, 0.29) is 10.8 Å². The van der Waals surface area contributed by atoms with Crippen molar-refractivity contribution in [2.45, 2.75) is 6.92 Å². The first kappa shape index (κ1) is 16.4. The number of halogens is 2. The number of nitrogens with zero attached hydrogens (tertiary/aromatic N) is 3. The second kappa shape index (κ2) is 6.31. The van der Waals surface area contributed by atoms with Gasteiger partial charge < -0.3 is 14.7 Å². The van der Waals surface area contributed by atoms with Gasteiger partial charge in [0.15, 0.2) is 0 Å². The van der Waals surface area contributed by atoms with E-state index in [1.165, 1.54) is 12.1 Å². The van der Waals surface area contributed by atoms with Crippen molar-refractivity contribution in [3.8, 4) is 11.4 Å². The normalized spacial score (nSPS) is 11.7. The number of aromatic amines is 1. The van der Waals surface area contributed by atoms with Gasteiger partial charge in [0.1, 0.15) is 17.4 Å². The van der Waals surface area contributed by atoms with Gasteiger partial charge in [-0.15, -0.1) is 0 Å². The van der Waals surface area contributed by atoms with Crippen molar-refractivity contribution < 1.29 is 9.50 Å². The molecule has 0 saturated carbocycles. The van der Waals surface area contributed by atoms with E-state index < -0.39 is 5.82 Å². The minimum absolute atomic E-state index is 0.0368. The number of imidazole rings is 2. The number of hydrogen-bond acceptors (Lipinski definition) is 3. The summed E-state index contributed by atoms with van der Waals surface area (Å²) in [4.78, 5) is 11.5. The second-order valence-electron chi connectivity index (χ2n) is 5.91. The number of phenols is 1. The molecule has 26 heavy (non-hydrogen) atoms. The molecule has 2 heterocycles. The summed E-state index contributed by atoms with van der Waals surface area (Å²) < 4.78 is 15.3. The zero-order chi connectivity index (χ0) is 18.3. The van der Waals surface area contributed by atoms with Crippen LogP contribution in [0.3, 0.4) is 0 Å². The Hall–Kier alpha value is -3.12. The maximum absolute atomic E-state index is 13.5. The second-order valence-corrected chi connectivity index (χ2v) is 6.32. The number of aromatic nitrogens is 4. The summed E-state index contributed by atoms with van der Waals surface area (Å²) >= 11 is 5.77. The highest BCUT2D eigenvalue weighted by Gasteiger charge is 2.07. The Morgan fingerprint density at radius 1 is 1.23 bits per heavy atom. The van der Waals surface area contributed by atoms with E-state index in [4.69, 9.17) is 11.6 Å². The molecular weight excluding hydrogens is 355 g/mol. The summed E-state index contributed by atoms with van der Waals surface area (Å²) in [5.41, 5.74) is 3.48. The average Bonchev–Trinajstić information content (AvgIpc) is 3.19. The summed E-state index contributed by atoms with van der Waals surface area (Å²) in [6.45, 7) is 1.89. The standard InChI is InChI=1S/C19H14ClFN4O/c1-11-9-25(10-22-11)17-4-2-12(6-18(17)26)3-5-19-23-15-7-13(20)14(21)8-16(15)24-19/h2-10,26H,1H3,(H,23,24)/b5-3+. The summed E-state index contributed by atoms with van der Waals surface area (Å²) in [5.74, 6) is 0.215. The van der Waals surface area contributed by atoms with Crippen LogP contribution < -0.4 is 0 Å². The number of rotatable bonds is 3. The zero-order valence-corrected chi connectivity index (χ0v) is 14.5. The minimum atomic E-state index is -0.492. The van der Waals surface area contributed by atoms with E-state index in [1.807, 2.05) is 25.3 Å². The summed E-state index contributed by atoms with van der Waals surface area (Å²) in [6, 6.07) is 8.13. The molecule has 2 aromatic carbocycles. The molecular formula is C19H14ClFN4O. The van der Waals surface area contributed by atoms with E-state index in [0.29, 0.717) is 22.5 Å². The van der Waals surface area contributed by atoms with Gasteiger partial charge in [-0.2, -0.15) is 0 Å². The SMILES string of the molecule is Cc1cn(-c2ccc(/C=C/c3nc4cc(Cl)c(F)cc4[nH]3)cc2O)cn1. The molecule has 130 valence electrons. The largest absolute Gasteiger partial charge is 0.506 e. The molecule has 4 aromatic rings. The highest BCUT2D eigenvalue weighted by molar-refractivity contribution is 6.31. The molecule has 0 unspecified atom stereocenters. The van der Waals surface area contributed by atoms with Gasteiger partial charge in [-0.25, -0.2) is 14.4 Å². The van der Waals surface area contributed by atoms with Crippen LogP contribution in [-0.4, -0.2) is 24.6 Å². The molecule has 0 fully saturated rings. The van der Waals surface area contributed by atoms with E-state index in [1.54, 1.807) is 29.1 Å². The summed E-state index contributed by atoms with van der Waals surface area (Å²) in [7, 11) is 0. The van der Waals surface area contributed by atoms with Crippen LogP contribution in [0.2, 0.25) is 5.02 Å². The van der Waals surface area contributed by atoms with Gasteiger partial charge in [-0.1, -0.05) is 23.7 Å². The van der Waals surface area contributed by atoms with Crippen molar-refractivity contribution in [3.05, 3.63) is 70.8 Å². The smallest absolute Gasteiger partial charge is 0.144 e. The number of aromatic hydroxyl groups is 1. The van der Waals surface area contributed by atoms with E-state index in [0.717, 1.165) is 11.3 Å². The van der Waals surface area contributed by atoms with Gasteiger partial charge in [0.2, 0.25) is 0 Å². The minimum Gasteiger partial charge on any atom is -0.506 e. The third kappa shape index (κ3) is 3.07. The van der Waals surface area contributed by atoms with Crippen LogP contribution in [-0.2, 0) is 0 Å². The lowest BCUT2D eigenvalue weighted by Gasteiger charge is -2.05. The number of H-pyrrole nitrogens is 1. The van der Waals surface area contributed by atoms with Crippen LogP contribution in [0.5, 0.6) is 5.75 Å². The lowest BCUT2D eigenvalue weighted by molar-refractivity contribution is 0.472. The Bertz CT molecular complexity index is 1110. The first-order chi connectivity index (χ1) is 12.5. The highest BCUT2D eigenvalue weighted by atomic mass is 35.5. The Kier molecular flexibility index (Phi) is 3.97. The Morgan fingerprint density at radius 3 is 2.81 bits per heavy atom. The summed E-state index contributed by atoms with van der Waals surface area (Å²) in [6.07, 6.45) is 7.04. The predicted octanol–water partition coefficient (Wildman–Crippen LogP) is 4.73. The molecule has 0 saturated heterocycles. The Morgan fingerprint density at radius 2 is 2.08 bits per heavy atom. The molecule has 0 spiro atoms. The van der Waals surface area contributed by atoms with Crippen LogP contribution in [0.1, 0.15) is 17.1 Å². The van der Waals surface area contributed by atoms with Crippen LogP contribution in [0.25, 0.3) is 28.9 Å². The van der Waals surface area contributed by atoms with Crippen molar-refractivity contribution in [2.24, 2.45) is 0 Å². The number of hydrogen-bond donors (Lipinski definition) is 2. The molecule has 7 heteroatoms. The average molecular weight is 369 g/mol. The fourth-order valence-corrected chi connectivity index (χ4v) is 2.85. The van der Waals surface area contributed by atoms with E-state index >= 15 is 0 Å². The molecule has 0 aliphatic carbocycles. The molecule has 4 rings (SSSR count). The van der Waals surface area contributed by atoms with Gasteiger partial charge in [-0.3, -0.25) is 0 Å². The first-order valence-corrected chi connectivity index (χ1v) is 8.24. The van der Waals surface area contributed by atoms with Crippen LogP contribution in [0.15, 0.2) is 42.9 Å². The van der Waals surface area contributed by atoms with Crippen molar-refractivity contribution in [1.82, 2.24) is 19.5 Å². The summed E-state index contributed by atoms with van der Waals surface area (Å²) in [5, 5.41) is 10.3. The number of phenolic OH excluding ortho intramolecular Hbond substituents is 1. The van der Waals surface area contributed by atoms with Crippen LogP contribution >= 0.6 is 11.6 Å². The van der Waals surface area contributed by atoms with Gasteiger partial charge in [0.25, 0.3) is 0 Å². The Balaban J connectivity index is 1.61. The number of fused-ring (bicyclic) bond motifs is 1. The van der Waals surface area contributed by atoms with Crippen molar-refractivity contribution >= 4 is 34.8 Å². The fourth-order valence-electron chi connectivity index (χ4n) is 2.69. The zero-order valence-electron chi connectivity index (χ0n) is 13.7. The number of benzene rings is 2. The van der Waals surface area contributed by atoms with Crippen molar-refractivity contribution in [2.75, 3.05) is 0 Å². The molecule has 0 atom stereocenters. The molecule has 2 N–H and O–H groups in total. The first-order valence-electron chi connectivity index (χ1n) is 7.86. The lowest BCUT2D eigenvalue weighted by atomic mass is 10.1. The van der Waals surface area contributed by atoms with Gasteiger partial charge in [0.05, 0.1) is 33.8 Å². The predicted molar refractivity (Wildman–Crippen MR) is 100.0 cm³/mol. The molecule has 0 bridgehead atoms. The maximum atomic E-state index is 13.5. The molecule has 0 radical (unpaired) electrons. The van der Waals surface area contributed by atoms with Crippen molar-refractivity contribution in [3.63, 3.8) is 0 Å². The number of nitrogens with one attached hydrogen (secondary N) is 1. The maximum Gasteiger partial charge on any atom is 0.144 e. The van der Waals surface area contributed by atoms with Gasteiger partial charge >= 0.3 is 0 Å². The number of aryl methyl sites for hydroxylation is 1. The third-order valence-electron chi connectivity index (χ3n) is 3.97. The topological polar surface area (TPSA) is 66.7 Å². The quantitative estimate of drug-likeness (QED) is 0.549. The fraction of sp³-hybridized carbons (Fsp3) is 0.0526. The van der Waals surface area contributed by atoms with Crippen LogP contribution in [0.4, 0.5) is 4.39 Å². The molecule has 0 amide bonds. The third-order valence-corrected chi connectivity index (χ3v) is 4.25. The van der Waals surface area contributed by atoms with E-state index in [9.17, 15) is 9.50 Å². The molecule has 0 aliphatic heterocycles.